The summed E-state index contributed by atoms with van der Waals surface area (Å²) in [6.45, 7) is 8.92. The van der Waals surface area contributed by atoms with Crippen LogP contribution in [-0.2, 0) is 16.0 Å². The number of hydrogen-bond acceptors (Lipinski definition) is 5. The van der Waals surface area contributed by atoms with Crippen molar-refractivity contribution in [2.24, 2.45) is 5.92 Å². The summed E-state index contributed by atoms with van der Waals surface area (Å²) >= 11 is 1.60. The quantitative estimate of drug-likeness (QED) is 0.703. The maximum Gasteiger partial charge on any atom is 0.306 e. The molecule has 0 aromatic carbocycles. The molecule has 0 radical (unpaired) electrons. The summed E-state index contributed by atoms with van der Waals surface area (Å²) in [6.07, 6.45) is 3.42. The number of carbonyl (C=O) groups is 1. The van der Waals surface area contributed by atoms with Crippen LogP contribution in [0.1, 0.15) is 52.7 Å². The average Bonchev–Trinajstić information content (AvgIpc) is 2.82. The molecule has 0 aliphatic carbocycles. The zero-order chi connectivity index (χ0) is 15.0. The Labute approximate surface area is 125 Å². The number of hydrogen-bond donors (Lipinski definition) is 1. The molecule has 0 spiro atoms. The molecule has 1 N–H and O–H groups in total. The second kappa shape index (κ2) is 8.95. The van der Waals surface area contributed by atoms with Crippen LogP contribution >= 0.6 is 11.3 Å². The Morgan fingerprint density at radius 1 is 1.40 bits per heavy atom. The lowest BCUT2D eigenvalue weighted by Crippen LogP contribution is -2.15. The van der Waals surface area contributed by atoms with Gasteiger partial charge >= 0.3 is 5.97 Å². The van der Waals surface area contributed by atoms with Crippen LogP contribution in [0.5, 0.6) is 0 Å². The van der Waals surface area contributed by atoms with Gasteiger partial charge < -0.3 is 10.1 Å². The topological polar surface area (TPSA) is 51.2 Å². The molecule has 1 aromatic rings. The van der Waals surface area contributed by atoms with Crippen molar-refractivity contribution in [3.8, 4) is 0 Å². The van der Waals surface area contributed by atoms with Crippen molar-refractivity contribution in [3.05, 3.63) is 11.1 Å². The summed E-state index contributed by atoms with van der Waals surface area (Å²) in [5.41, 5.74) is 0.960. The van der Waals surface area contributed by atoms with Crippen LogP contribution in [0, 0.1) is 5.92 Å². The van der Waals surface area contributed by atoms with Crippen molar-refractivity contribution < 1.29 is 9.53 Å². The van der Waals surface area contributed by atoms with E-state index < -0.39 is 0 Å². The van der Waals surface area contributed by atoms with E-state index >= 15 is 0 Å². The average molecular weight is 298 g/mol. The Morgan fingerprint density at radius 2 is 2.15 bits per heavy atom. The molecule has 1 atom stereocenters. The van der Waals surface area contributed by atoms with Crippen molar-refractivity contribution in [1.29, 1.82) is 0 Å². The zero-order valence-corrected chi connectivity index (χ0v) is 13.8. The van der Waals surface area contributed by atoms with E-state index in [-0.39, 0.29) is 5.97 Å². The fourth-order valence-electron chi connectivity index (χ4n) is 1.82. The molecule has 1 unspecified atom stereocenters. The highest BCUT2D eigenvalue weighted by molar-refractivity contribution is 7.13. The third-order valence-electron chi connectivity index (χ3n) is 2.99. The van der Waals surface area contributed by atoms with Gasteiger partial charge in [0.05, 0.1) is 18.7 Å². The zero-order valence-electron chi connectivity index (χ0n) is 12.9. The van der Waals surface area contributed by atoms with Crippen LogP contribution in [0.15, 0.2) is 5.38 Å². The Kier molecular flexibility index (Phi) is 7.59. The summed E-state index contributed by atoms with van der Waals surface area (Å²) in [7, 11) is 0. The van der Waals surface area contributed by atoms with E-state index in [4.69, 9.17) is 4.74 Å². The van der Waals surface area contributed by atoms with Gasteiger partial charge in [-0.15, -0.1) is 11.3 Å². The van der Waals surface area contributed by atoms with Crippen molar-refractivity contribution in [2.75, 3.05) is 11.9 Å². The smallest absolute Gasteiger partial charge is 0.306 e. The first-order valence-corrected chi connectivity index (χ1v) is 8.25. The molecule has 114 valence electrons. The number of ether oxygens (including phenoxy) is 1. The van der Waals surface area contributed by atoms with Crippen LogP contribution in [-0.4, -0.2) is 23.6 Å². The van der Waals surface area contributed by atoms with Crippen molar-refractivity contribution >= 4 is 22.4 Å². The van der Waals surface area contributed by atoms with Crippen molar-refractivity contribution in [3.63, 3.8) is 0 Å². The molecule has 4 nitrogen and oxygen atoms in total. The summed E-state index contributed by atoms with van der Waals surface area (Å²) < 4.78 is 4.91. The number of aromatic nitrogens is 1. The molecule has 0 saturated heterocycles. The van der Waals surface area contributed by atoms with Gasteiger partial charge in [0.25, 0.3) is 0 Å². The molecular weight excluding hydrogens is 272 g/mol. The molecule has 0 aliphatic heterocycles. The van der Waals surface area contributed by atoms with Gasteiger partial charge in [0, 0.05) is 17.8 Å². The van der Waals surface area contributed by atoms with Gasteiger partial charge in [-0.25, -0.2) is 4.98 Å². The largest absolute Gasteiger partial charge is 0.466 e. The lowest BCUT2D eigenvalue weighted by Gasteiger charge is -2.13. The summed E-state index contributed by atoms with van der Waals surface area (Å²) in [4.78, 5) is 15.8. The van der Waals surface area contributed by atoms with Gasteiger partial charge in [0.1, 0.15) is 0 Å². The number of rotatable bonds is 9. The minimum atomic E-state index is -0.152. The van der Waals surface area contributed by atoms with Gasteiger partial charge in [0.15, 0.2) is 5.13 Å². The molecule has 20 heavy (non-hydrogen) atoms. The Balaban J connectivity index is 2.33. The minimum absolute atomic E-state index is 0.152. The highest BCUT2D eigenvalue weighted by Gasteiger charge is 2.09. The van der Waals surface area contributed by atoms with E-state index in [2.05, 4.69) is 31.1 Å². The van der Waals surface area contributed by atoms with Gasteiger partial charge in [-0.1, -0.05) is 13.8 Å². The molecule has 0 saturated carbocycles. The van der Waals surface area contributed by atoms with Crippen LogP contribution in [0.25, 0.3) is 0 Å². The predicted molar refractivity (Wildman–Crippen MR) is 84.2 cm³/mol. The Morgan fingerprint density at radius 3 is 2.80 bits per heavy atom. The molecule has 1 rings (SSSR count). The number of aryl methyl sites for hydroxylation is 1. The van der Waals surface area contributed by atoms with Gasteiger partial charge in [0.2, 0.25) is 0 Å². The van der Waals surface area contributed by atoms with E-state index in [1.807, 2.05) is 12.3 Å². The highest BCUT2D eigenvalue weighted by Crippen LogP contribution is 2.19. The number of thiazole rings is 1. The fourth-order valence-corrected chi connectivity index (χ4v) is 2.68. The molecule has 0 amide bonds. The maximum absolute atomic E-state index is 11.3. The molecule has 1 aromatic heterocycles. The number of carbonyl (C=O) groups excluding carboxylic acids is 1. The third kappa shape index (κ3) is 6.89. The third-order valence-corrected chi connectivity index (χ3v) is 3.81. The Bertz CT molecular complexity index is 404. The molecule has 0 aliphatic rings. The first kappa shape index (κ1) is 17.0. The van der Waals surface area contributed by atoms with Gasteiger partial charge in [-0.3, -0.25) is 4.79 Å². The maximum atomic E-state index is 11.3. The molecule has 1 heterocycles. The lowest BCUT2D eigenvalue weighted by molar-refractivity contribution is -0.143. The first-order chi connectivity index (χ1) is 9.51. The second-order valence-corrected chi connectivity index (χ2v) is 6.32. The molecule has 5 heteroatoms. The fraction of sp³-hybridized carbons (Fsp3) is 0.733. The number of nitrogens with one attached hydrogen (secondary N) is 1. The van der Waals surface area contributed by atoms with E-state index in [0.717, 1.165) is 23.2 Å². The predicted octanol–water partition coefficient (Wildman–Crippen LogP) is 3.88. The minimum Gasteiger partial charge on any atom is -0.466 e. The van der Waals surface area contributed by atoms with E-state index in [9.17, 15) is 4.79 Å². The monoisotopic (exact) mass is 298 g/mol. The van der Waals surface area contributed by atoms with Crippen molar-refractivity contribution in [2.45, 2.75) is 59.4 Å². The standard InChI is InChI=1S/C15H26N2O2S/c1-5-19-14(18)9-8-13-10-20-15(17-13)16-12(4)7-6-11(2)3/h10-12H,5-9H2,1-4H3,(H,16,17). The molecule has 0 fully saturated rings. The van der Waals surface area contributed by atoms with Gasteiger partial charge in [-0.2, -0.15) is 0 Å². The van der Waals surface area contributed by atoms with Crippen LogP contribution in [0.4, 0.5) is 5.13 Å². The Hall–Kier alpha value is -1.10. The van der Waals surface area contributed by atoms with E-state index in [0.29, 0.717) is 25.5 Å². The first-order valence-electron chi connectivity index (χ1n) is 7.37. The van der Waals surface area contributed by atoms with E-state index in [1.165, 1.54) is 6.42 Å². The molecular formula is C15H26N2O2S. The van der Waals surface area contributed by atoms with E-state index in [1.54, 1.807) is 11.3 Å². The lowest BCUT2D eigenvalue weighted by atomic mass is 10.0. The summed E-state index contributed by atoms with van der Waals surface area (Å²) in [5, 5.41) is 6.38. The van der Waals surface area contributed by atoms with Crippen LogP contribution in [0.3, 0.4) is 0 Å². The molecule has 0 bridgehead atoms. The number of nitrogens with zero attached hydrogens (tertiary/aromatic N) is 1. The summed E-state index contributed by atoms with van der Waals surface area (Å²) in [5.74, 6) is 0.580. The second-order valence-electron chi connectivity index (χ2n) is 5.47. The SMILES string of the molecule is CCOC(=O)CCc1csc(NC(C)CCC(C)C)n1. The van der Waals surface area contributed by atoms with Gasteiger partial charge in [-0.05, 0) is 32.6 Å². The highest BCUT2D eigenvalue weighted by atomic mass is 32.1. The number of anilines is 1. The van der Waals surface area contributed by atoms with Crippen LogP contribution < -0.4 is 5.32 Å². The summed E-state index contributed by atoms with van der Waals surface area (Å²) in [6, 6.07) is 0.432. The van der Waals surface area contributed by atoms with Crippen molar-refractivity contribution in [1.82, 2.24) is 4.98 Å². The number of esters is 1. The van der Waals surface area contributed by atoms with Crippen LogP contribution in [0.2, 0.25) is 0 Å². The normalized spacial score (nSPS) is 12.4.